The molecule has 0 saturated carbocycles. The van der Waals surface area contributed by atoms with Crippen molar-refractivity contribution in [3.8, 4) is 34.2 Å². The first-order chi connectivity index (χ1) is 34.3. The first-order valence-electron chi connectivity index (χ1n) is 20.6. The van der Waals surface area contributed by atoms with Gasteiger partial charge in [-0.2, -0.15) is 44.7 Å². The van der Waals surface area contributed by atoms with Crippen molar-refractivity contribution in [2.45, 2.75) is 57.6 Å². The van der Waals surface area contributed by atoms with Crippen molar-refractivity contribution in [2.75, 3.05) is 0 Å². The summed E-state index contributed by atoms with van der Waals surface area (Å²) in [5.41, 5.74) is -2.91. The molecule has 0 fully saturated rings. The second-order valence-corrected chi connectivity index (χ2v) is 15.6. The summed E-state index contributed by atoms with van der Waals surface area (Å²) in [4.78, 5) is 49.9. The molecule has 13 nitrogen and oxygen atoms in total. The Morgan fingerprint density at radius 2 is 1.18 bits per heavy atom. The molecule has 6 heterocycles. The molecular formula is C48H36F9N7O6RuS2. The van der Waals surface area contributed by atoms with Crippen LogP contribution in [0.1, 0.15) is 81.4 Å². The van der Waals surface area contributed by atoms with Crippen LogP contribution in [0.5, 0.6) is 0 Å². The van der Waals surface area contributed by atoms with E-state index >= 15 is 0 Å². The maximum absolute atomic E-state index is 13.5. The van der Waals surface area contributed by atoms with E-state index in [1.54, 1.807) is 29.7 Å². The number of aryl methyl sites for hydroxylation is 1. The maximum atomic E-state index is 13.5. The number of unbranched alkanes of at least 4 members (excludes halogenated alkanes) is 3. The Balaban J connectivity index is 0.000000382. The van der Waals surface area contributed by atoms with Crippen LogP contribution in [0.15, 0.2) is 92.0 Å². The van der Waals surface area contributed by atoms with E-state index in [9.17, 15) is 53.9 Å². The van der Waals surface area contributed by atoms with E-state index in [0.29, 0.717) is 18.1 Å². The summed E-state index contributed by atoms with van der Waals surface area (Å²) in [5.74, 6) is 0. The summed E-state index contributed by atoms with van der Waals surface area (Å²) >= 11 is 5.47. The summed E-state index contributed by atoms with van der Waals surface area (Å²) in [5, 5.41) is 15.3. The van der Waals surface area contributed by atoms with E-state index in [4.69, 9.17) is 5.41 Å². The van der Waals surface area contributed by atoms with Gasteiger partial charge in [-0.25, -0.2) is 4.98 Å². The van der Waals surface area contributed by atoms with Crippen LogP contribution in [0.3, 0.4) is 0 Å². The largest absolute Gasteiger partial charge is 2.00 e. The number of isothiocyanates is 1. The number of hydrogen-bond donors (Lipinski definition) is 0. The number of carbonyl (C=O) groups excluding carboxylic acids is 3. The van der Waals surface area contributed by atoms with Crippen molar-refractivity contribution in [1.82, 2.24) is 30.1 Å². The Hall–Kier alpha value is -7.33. The average molecular weight is 1140 g/mol. The molecule has 0 aliphatic carbocycles. The van der Waals surface area contributed by atoms with Gasteiger partial charge in [0.25, 0.3) is 19.4 Å². The van der Waals surface area contributed by atoms with Crippen molar-refractivity contribution in [3.63, 3.8) is 0 Å². The third-order valence-electron chi connectivity index (χ3n) is 9.29. The Morgan fingerprint density at radius 1 is 0.644 bits per heavy atom. The molecule has 0 bridgehead atoms. The Morgan fingerprint density at radius 3 is 1.67 bits per heavy atom. The SMILES string of the molecule is CCCCCCc1ccc(/C=C/c2ccnc(-c3cc(C(F)(F)F)n[n-]3)c2)s1.O=CO/C=C/c1cc(-c2cc(/C=C/OC=O)c(C(F)(F)F)cn2)nc(-c2cc(/C=C/OC=O)c(C(F)(F)F)cn2)c1.[N-]=C=S.[Ru+2]. The van der Waals surface area contributed by atoms with Crippen LogP contribution in [0, 0.1) is 0 Å². The van der Waals surface area contributed by atoms with Gasteiger partial charge in [-0.05, 0) is 114 Å². The third-order valence-corrected chi connectivity index (χ3v) is 10.4. The summed E-state index contributed by atoms with van der Waals surface area (Å²) in [6.45, 7) is 2.33. The molecule has 6 rings (SSSR count). The van der Waals surface area contributed by atoms with Crippen LogP contribution in [0.2, 0.25) is 0 Å². The molecule has 0 radical (unpaired) electrons. The minimum absolute atomic E-state index is 0. The standard InChI is InChI=1S/C26H15F6N3O6.C21H21F3N3S.CNS.Ru/c27-25(28,29)19-11-33-21(9-17(19)2-5-40-14-37)23-7-16(1-4-39-13-36)8-24(35-23)22-10-18(3-6-41-15-38)20(12-34-22)26(30,31)32;1-2-3-4-5-6-16-9-10-17(28-16)8-7-15-11-12-25-18(13-15)19-14-20(27-26-19)21(22,23)24;2-1-3;/h1-15H;7-14H,2-6H2,1H3;;/q;2*-1;+2/b4-1+,5-2+,6-3+;8-7+;;. The molecule has 0 N–H and O–H groups in total. The fourth-order valence-corrected chi connectivity index (χ4v) is 7.05. The van der Waals surface area contributed by atoms with Gasteiger partial charge in [0.1, 0.15) is 5.69 Å². The molecule has 382 valence electrons. The van der Waals surface area contributed by atoms with Crippen molar-refractivity contribution >= 4 is 78.5 Å². The Kier molecular flexibility index (Phi) is 24.0. The Bertz CT molecular complexity index is 2830. The fraction of sp³-hybridized carbons (Fsp3) is 0.188. The maximum Gasteiger partial charge on any atom is 2.00 e. The van der Waals surface area contributed by atoms with E-state index in [1.165, 1.54) is 53.9 Å². The minimum atomic E-state index is -4.82. The zero-order valence-corrected chi connectivity index (χ0v) is 40.8. The molecule has 25 heteroatoms. The second-order valence-electron chi connectivity index (χ2n) is 14.2. The van der Waals surface area contributed by atoms with Crippen molar-refractivity contribution in [1.29, 1.82) is 0 Å². The van der Waals surface area contributed by atoms with Crippen LogP contribution in [0.25, 0.3) is 70.0 Å². The molecule has 0 aromatic carbocycles. The van der Waals surface area contributed by atoms with E-state index in [0.717, 1.165) is 66.0 Å². The monoisotopic (exact) mass is 1140 g/mol. The first-order valence-corrected chi connectivity index (χ1v) is 21.8. The zero-order chi connectivity index (χ0) is 52.7. The summed E-state index contributed by atoms with van der Waals surface area (Å²) in [7, 11) is 0. The second kappa shape index (κ2) is 29.3. The van der Waals surface area contributed by atoms with Gasteiger partial charge >= 0.3 is 38.0 Å². The number of thiocarbonyl (C=S) groups is 1. The molecule has 73 heavy (non-hydrogen) atoms. The molecule has 0 aliphatic rings. The Labute approximate surface area is 432 Å². The number of ether oxygens (including phenoxy) is 3. The number of nitrogens with zero attached hydrogens (tertiary/aromatic N) is 7. The van der Waals surface area contributed by atoms with Gasteiger partial charge in [-0.1, -0.05) is 50.2 Å². The van der Waals surface area contributed by atoms with Crippen LogP contribution in [0.4, 0.5) is 39.5 Å². The van der Waals surface area contributed by atoms with Gasteiger partial charge in [0.05, 0.1) is 52.7 Å². The van der Waals surface area contributed by atoms with Gasteiger partial charge < -0.3 is 29.8 Å². The number of rotatable bonds is 19. The van der Waals surface area contributed by atoms with E-state index in [2.05, 4.69) is 75.6 Å². The number of alkyl halides is 9. The van der Waals surface area contributed by atoms with E-state index in [1.807, 2.05) is 12.2 Å². The van der Waals surface area contributed by atoms with Crippen LogP contribution >= 0.6 is 23.6 Å². The molecule has 0 atom stereocenters. The smallest absolute Gasteiger partial charge is 0.753 e. The topological polar surface area (TPSA) is 180 Å². The predicted octanol–water partition coefficient (Wildman–Crippen LogP) is 12.8. The van der Waals surface area contributed by atoms with Gasteiger partial charge in [0, 0.05) is 34.0 Å². The molecule has 0 spiro atoms. The molecule has 0 unspecified atom stereocenters. The van der Waals surface area contributed by atoms with E-state index < -0.39 is 46.5 Å². The van der Waals surface area contributed by atoms with Crippen molar-refractivity contribution < 1.29 is 87.6 Å². The molecule has 0 amide bonds. The van der Waals surface area contributed by atoms with Gasteiger partial charge in [0.15, 0.2) is 0 Å². The van der Waals surface area contributed by atoms with Gasteiger partial charge in [-0.15, -0.1) is 11.3 Å². The summed E-state index contributed by atoms with van der Waals surface area (Å²) in [6, 6.07) is 13.4. The van der Waals surface area contributed by atoms with E-state index in [-0.39, 0.29) is 72.9 Å². The van der Waals surface area contributed by atoms with Gasteiger partial charge in [0.2, 0.25) is 0 Å². The third kappa shape index (κ3) is 19.3. The average Bonchev–Trinajstić information content (AvgIpc) is 4.04. The molecular weight excluding hydrogens is 1110 g/mol. The number of hydrogen-bond acceptors (Lipinski definition) is 13. The molecule has 0 saturated heterocycles. The van der Waals surface area contributed by atoms with Crippen molar-refractivity contribution in [3.05, 3.63) is 146 Å². The molecule has 6 aromatic rings. The number of carbonyl (C=O) groups is 3. The number of halogens is 9. The quantitative estimate of drug-likeness (QED) is 0.0109. The zero-order valence-electron chi connectivity index (χ0n) is 37.5. The summed E-state index contributed by atoms with van der Waals surface area (Å²) < 4.78 is 132. The van der Waals surface area contributed by atoms with Crippen LogP contribution < -0.4 is 5.10 Å². The number of pyridine rings is 4. The first kappa shape index (κ1) is 60.0. The number of thiophene rings is 1. The fourth-order valence-electron chi connectivity index (χ4n) is 6.09. The normalized spacial score (nSPS) is 11.6. The minimum Gasteiger partial charge on any atom is -0.753 e. The van der Waals surface area contributed by atoms with Crippen molar-refractivity contribution in [2.24, 2.45) is 0 Å². The molecule has 6 aromatic heterocycles. The van der Waals surface area contributed by atoms with Crippen LogP contribution in [-0.4, -0.2) is 49.6 Å². The van der Waals surface area contributed by atoms with Crippen LogP contribution in [-0.2, 0) is 73.0 Å². The summed E-state index contributed by atoms with van der Waals surface area (Å²) in [6.07, 6.45) is 3.98. The number of aromatic nitrogens is 6. The van der Waals surface area contributed by atoms with Gasteiger partial charge in [-0.3, -0.25) is 29.3 Å². The predicted molar refractivity (Wildman–Crippen MR) is 252 cm³/mol. The molecule has 0 aliphatic heterocycles.